The zero-order chi connectivity index (χ0) is 17.3. The zero-order valence-corrected chi connectivity index (χ0v) is 14.7. The number of amides is 1. The van der Waals surface area contributed by atoms with Crippen molar-refractivity contribution in [2.75, 3.05) is 0 Å². The lowest BCUT2D eigenvalue weighted by Crippen LogP contribution is -2.34. The minimum atomic E-state index is -0.524. The Morgan fingerprint density at radius 2 is 2.20 bits per heavy atom. The fourth-order valence-electron chi connectivity index (χ4n) is 3.58. The van der Waals surface area contributed by atoms with E-state index >= 15 is 0 Å². The molecule has 130 valence electrons. The van der Waals surface area contributed by atoms with E-state index in [0.29, 0.717) is 10.8 Å². The van der Waals surface area contributed by atoms with Crippen molar-refractivity contribution in [3.05, 3.63) is 28.5 Å². The first kappa shape index (κ1) is 16.2. The van der Waals surface area contributed by atoms with Crippen LogP contribution in [0.25, 0.3) is 0 Å². The van der Waals surface area contributed by atoms with Gasteiger partial charge in [0.15, 0.2) is 5.54 Å². The number of nitrogens with zero attached hydrogens (tertiary/aromatic N) is 5. The molecule has 0 spiro atoms. The number of thiazole rings is 1. The quantitative estimate of drug-likeness (QED) is 0.888. The number of rotatable bonds is 5. The van der Waals surface area contributed by atoms with Gasteiger partial charge in [-0.1, -0.05) is 24.5 Å². The summed E-state index contributed by atoms with van der Waals surface area (Å²) < 4.78 is 1.68. The summed E-state index contributed by atoms with van der Waals surface area (Å²) in [7, 11) is 0. The van der Waals surface area contributed by atoms with Gasteiger partial charge in [-0.2, -0.15) is 5.26 Å². The lowest BCUT2D eigenvalue weighted by Gasteiger charge is -2.29. The molecule has 2 aromatic heterocycles. The summed E-state index contributed by atoms with van der Waals surface area (Å²) in [5.41, 5.74) is 1.89. The lowest BCUT2D eigenvalue weighted by molar-refractivity contribution is 0.0915. The normalized spacial score (nSPS) is 20.6. The van der Waals surface area contributed by atoms with Crippen LogP contribution < -0.4 is 5.32 Å². The molecule has 25 heavy (non-hydrogen) atoms. The molecule has 0 saturated heterocycles. The summed E-state index contributed by atoms with van der Waals surface area (Å²) >= 11 is 1.33. The van der Waals surface area contributed by atoms with E-state index in [4.69, 9.17) is 0 Å². The van der Waals surface area contributed by atoms with Crippen LogP contribution in [0.15, 0.2) is 17.9 Å². The standard InChI is InChI=1S/C17H20N6OS/c18-10-17(6-7-17)23-9-13(21-22-23)15(12-4-2-1-3-5-12)20-16(24)14-8-19-11-25-14/h8-9,11-12,15H,1-7H2,(H,20,24). The third kappa shape index (κ3) is 3.16. The maximum absolute atomic E-state index is 12.6. The lowest BCUT2D eigenvalue weighted by atomic mass is 9.82. The van der Waals surface area contributed by atoms with E-state index in [1.807, 2.05) is 6.20 Å². The zero-order valence-electron chi connectivity index (χ0n) is 13.9. The molecule has 1 unspecified atom stereocenters. The first-order chi connectivity index (χ1) is 12.2. The second-order valence-electron chi connectivity index (χ2n) is 6.95. The van der Waals surface area contributed by atoms with Gasteiger partial charge in [-0.25, -0.2) is 4.68 Å². The Morgan fingerprint density at radius 3 is 2.84 bits per heavy atom. The van der Waals surface area contributed by atoms with Crippen LogP contribution in [-0.4, -0.2) is 25.9 Å². The molecule has 0 aromatic carbocycles. The Bertz CT molecular complexity index is 782. The molecule has 7 nitrogen and oxygen atoms in total. The average Bonchev–Trinajstić information content (AvgIpc) is 3.05. The number of carbonyl (C=O) groups excluding carboxylic acids is 1. The highest BCUT2D eigenvalue weighted by atomic mass is 32.1. The number of carbonyl (C=O) groups is 1. The van der Waals surface area contributed by atoms with Gasteiger partial charge in [-0.15, -0.1) is 16.4 Å². The smallest absolute Gasteiger partial charge is 0.263 e. The third-order valence-corrected chi connectivity index (χ3v) is 6.04. The van der Waals surface area contributed by atoms with Crippen molar-refractivity contribution in [3.8, 4) is 6.07 Å². The van der Waals surface area contributed by atoms with E-state index in [2.05, 4.69) is 26.7 Å². The van der Waals surface area contributed by atoms with Crippen molar-refractivity contribution in [3.63, 3.8) is 0 Å². The van der Waals surface area contributed by atoms with Crippen LogP contribution in [0.1, 0.15) is 66.4 Å². The minimum absolute atomic E-state index is 0.117. The molecule has 2 aliphatic rings. The van der Waals surface area contributed by atoms with Crippen molar-refractivity contribution in [2.45, 2.75) is 56.5 Å². The van der Waals surface area contributed by atoms with Crippen LogP contribution in [-0.2, 0) is 5.54 Å². The molecule has 1 N–H and O–H groups in total. The number of nitriles is 1. The third-order valence-electron chi connectivity index (χ3n) is 5.26. The number of hydrogen-bond donors (Lipinski definition) is 1. The highest BCUT2D eigenvalue weighted by molar-refractivity contribution is 7.11. The van der Waals surface area contributed by atoms with Crippen molar-refractivity contribution in [2.24, 2.45) is 5.92 Å². The summed E-state index contributed by atoms with van der Waals surface area (Å²) in [5, 5.41) is 21.0. The molecule has 8 heteroatoms. The number of hydrogen-bond acceptors (Lipinski definition) is 6. The monoisotopic (exact) mass is 356 g/mol. The fraction of sp³-hybridized carbons (Fsp3) is 0.588. The molecule has 0 aliphatic heterocycles. The Labute approximate surface area is 150 Å². The van der Waals surface area contributed by atoms with E-state index in [1.54, 1.807) is 16.4 Å². The molecule has 1 atom stereocenters. The van der Waals surface area contributed by atoms with Crippen LogP contribution in [0.2, 0.25) is 0 Å². The molecule has 0 radical (unpaired) electrons. The summed E-state index contributed by atoms with van der Waals surface area (Å²) in [5.74, 6) is 0.238. The van der Waals surface area contributed by atoms with E-state index in [-0.39, 0.29) is 11.9 Å². The highest BCUT2D eigenvalue weighted by Gasteiger charge is 2.47. The van der Waals surface area contributed by atoms with Crippen molar-refractivity contribution < 1.29 is 4.79 Å². The highest BCUT2D eigenvalue weighted by Crippen LogP contribution is 2.42. The molecule has 2 saturated carbocycles. The molecule has 2 fully saturated rings. The molecular formula is C17H20N6OS. The molecule has 4 rings (SSSR count). The number of aromatic nitrogens is 4. The minimum Gasteiger partial charge on any atom is -0.342 e. The van der Waals surface area contributed by atoms with E-state index in [0.717, 1.165) is 31.4 Å². The topological polar surface area (TPSA) is 96.5 Å². The maximum atomic E-state index is 12.6. The van der Waals surface area contributed by atoms with Gasteiger partial charge in [-0.3, -0.25) is 9.78 Å². The number of nitrogens with one attached hydrogen (secondary N) is 1. The first-order valence-electron chi connectivity index (χ1n) is 8.75. The molecule has 1 amide bonds. The van der Waals surface area contributed by atoms with Gasteiger partial charge < -0.3 is 5.32 Å². The van der Waals surface area contributed by atoms with Crippen LogP contribution >= 0.6 is 11.3 Å². The second-order valence-corrected chi connectivity index (χ2v) is 7.83. The second kappa shape index (κ2) is 6.56. The van der Waals surface area contributed by atoms with Crippen LogP contribution in [0.4, 0.5) is 0 Å². The summed E-state index contributed by atoms with van der Waals surface area (Å²) in [4.78, 5) is 17.1. The summed E-state index contributed by atoms with van der Waals surface area (Å²) in [6, 6.07) is 2.16. The Morgan fingerprint density at radius 1 is 1.40 bits per heavy atom. The van der Waals surface area contributed by atoms with Gasteiger partial charge in [0.25, 0.3) is 5.91 Å². The Hall–Kier alpha value is -2.27. The molecule has 2 heterocycles. The molecular weight excluding hydrogens is 336 g/mol. The predicted molar refractivity (Wildman–Crippen MR) is 91.7 cm³/mol. The van der Waals surface area contributed by atoms with E-state index < -0.39 is 5.54 Å². The van der Waals surface area contributed by atoms with E-state index in [1.165, 1.54) is 30.6 Å². The molecule has 2 aromatic rings. The summed E-state index contributed by atoms with van der Waals surface area (Å²) in [6.07, 6.45) is 10.8. The maximum Gasteiger partial charge on any atom is 0.263 e. The van der Waals surface area contributed by atoms with Crippen molar-refractivity contribution in [1.82, 2.24) is 25.3 Å². The average molecular weight is 356 g/mol. The Balaban J connectivity index is 1.59. The fourth-order valence-corrected chi connectivity index (χ4v) is 4.10. The molecule has 2 aliphatic carbocycles. The van der Waals surface area contributed by atoms with Crippen LogP contribution in [0.5, 0.6) is 0 Å². The first-order valence-corrected chi connectivity index (χ1v) is 9.63. The van der Waals surface area contributed by atoms with Crippen LogP contribution in [0.3, 0.4) is 0 Å². The van der Waals surface area contributed by atoms with E-state index in [9.17, 15) is 10.1 Å². The molecule has 0 bridgehead atoms. The van der Waals surface area contributed by atoms with Crippen LogP contribution in [0, 0.1) is 17.2 Å². The van der Waals surface area contributed by atoms with Gasteiger partial charge in [-0.05, 0) is 31.6 Å². The van der Waals surface area contributed by atoms with Gasteiger partial charge >= 0.3 is 0 Å². The van der Waals surface area contributed by atoms with Gasteiger partial charge in [0.2, 0.25) is 0 Å². The Kier molecular flexibility index (Phi) is 4.25. The SMILES string of the molecule is N#CC1(n2cc(C(NC(=O)c3cncs3)C3CCCCC3)nn2)CC1. The van der Waals surface area contributed by atoms with Gasteiger partial charge in [0.1, 0.15) is 10.6 Å². The largest absolute Gasteiger partial charge is 0.342 e. The van der Waals surface area contributed by atoms with Crippen molar-refractivity contribution >= 4 is 17.2 Å². The van der Waals surface area contributed by atoms with Crippen molar-refractivity contribution in [1.29, 1.82) is 5.26 Å². The summed E-state index contributed by atoms with van der Waals surface area (Å²) in [6.45, 7) is 0. The van der Waals surface area contributed by atoms with Gasteiger partial charge in [0.05, 0.1) is 30.0 Å². The van der Waals surface area contributed by atoms with Gasteiger partial charge in [0, 0.05) is 0 Å². The predicted octanol–water partition coefficient (Wildman–Crippen LogP) is 2.80.